The smallest absolute Gasteiger partial charge is 0.255 e. The molecule has 0 saturated carbocycles. The predicted octanol–water partition coefficient (Wildman–Crippen LogP) is 3.69. The van der Waals surface area contributed by atoms with Crippen molar-refractivity contribution in [2.75, 3.05) is 20.2 Å². The number of methoxy groups -OCH3 is 1. The lowest BCUT2D eigenvalue weighted by atomic mass is 9.94. The van der Waals surface area contributed by atoms with Gasteiger partial charge in [-0.15, -0.1) is 0 Å². The summed E-state index contributed by atoms with van der Waals surface area (Å²) in [5.41, 5.74) is 1.43. The quantitative estimate of drug-likeness (QED) is 0.661. The lowest BCUT2D eigenvalue weighted by Gasteiger charge is -2.32. The second kappa shape index (κ2) is 8.68. The maximum absolute atomic E-state index is 12.8. The first kappa shape index (κ1) is 18.9. The third-order valence-corrected chi connectivity index (χ3v) is 4.93. The molecule has 7 nitrogen and oxygen atoms in total. The molecular formula is C22H22N4O3. The molecule has 1 saturated heterocycles. The van der Waals surface area contributed by atoms with Crippen molar-refractivity contribution in [2.24, 2.45) is 0 Å². The summed E-state index contributed by atoms with van der Waals surface area (Å²) >= 11 is 0. The zero-order valence-electron chi connectivity index (χ0n) is 16.2. The number of hydrogen-bond donors (Lipinski definition) is 0. The zero-order chi connectivity index (χ0) is 20.1. The fraction of sp³-hybridized carbons (Fsp3) is 0.273. The van der Waals surface area contributed by atoms with Gasteiger partial charge in [0.25, 0.3) is 5.91 Å². The van der Waals surface area contributed by atoms with Gasteiger partial charge >= 0.3 is 0 Å². The standard InChI is InChI=1S/C22H22N4O3/c1-28-18-7-2-8-19(11-18)29-21-14-24-13-20(25-21)17-6-4-10-26(15-17)22(27)16-5-3-9-23-12-16/h2-3,5,7-9,11-14,17H,4,6,10,15H2,1H3/t17-/m0/s1. The van der Waals surface area contributed by atoms with E-state index in [0.29, 0.717) is 29.5 Å². The Morgan fingerprint density at radius 1 is 1.10 bits per heavy atom. The highest BCUT2D eigenvalue weighted by molar-refractivity contribution is 5.94. The number of aromatic nitrogens is 3. The Morgan fingerprint density at radius 2 is 2.00 bits per heavy atom. The van der Waals surface area contributed by atoms with Gasteiger partial charge < -0.3 is 14.4 Å². The number of amides is 1. The molecule has 4 rings (SSSR count). The fourth-order valence-electron chi connectivity index (χ4n) is 3.47. The lowest BCUT2D eigenvalue weighted by Crippen LogP contribution is -2.39. The number of pyridine rings is 1. The molecule has 0 unspecified atom stereocenters. The third kappa shape index (κ3) is 4.51. The molecule has 2 aromatic heterocycles. The number of likely N-dealkylation sites (tertiary alicyclic amines) is 1. The Bertz CT molecular complexity index is 981. The van der Waals surface area contributed by atoms with Crippen LogP contribution in [0, 0.1) is 0 Å². The summed E-state index contributed by atoms with van der Waals surface area (Å²) in [6, 6.07) is 10.9. The average Bonchev–Trinajstić information content (AvgIpc) is 2.79. The van der Waals surface area contributed by atoms with E-state index < -0.39 is 0 Å². The number of carbonyl (C=O) groups is 1. The minimum Gasteiger partial charge on any atom is -0.497 e. The number of nitrogens with zero attached hydrogens (tertiary/aromatic N) is 4. The monoisotopic (exact) mass is 390 g/mol. The van der Waals surface area contributed by atoms with E-state index in [1.54, 1.807) is 50.1 Å². The number of benzene rings is 1. The molecule has 0 bridgehead atoms. The summed E-state index contributed by atoms with van der Waals surface area (Å²) in [7, 11) is 1.61. The Hall–Kier alpha value is -3.48. The van der Waals surface area contributed by atoms with Crippen LogP contribution in [0.25, 0.3) is 0 Å². The van der Waals surface area contributed by atoms with Gasteiger partial charge in [0.2, 0.25) is 5.88 Å². The normalized spacial score (nSPS) is 16.3. The summed E-state index contributed by atoms with van der Waals surface area (Å²) in [5.74, 6) is 1.88. The molecule has 0 aliphatic carbocycles. The highest BCUT2D eigenvalue weighted by atomic mass is 16.5. The molecule has 7 heteroatoms. The van der Waals surface area contributed by atoms with Crippen molar-refractivity contribution in [3.05, 3.63) is 72.4 Å². The largest absolute Gasteiger partial charge is 0.497 e. The first-order valence-electron chi connectivity index (χ1n) is 9.56. The van der Waals surface area contributed by atoms with Crippen LogP contribution in [0.5, 0.6) is 17.4 Å². The highest BCUT2D eigenvalue weighted by Gasteiger charge is 2.27. The SMILES string of the molecule is COc1cccc(Oc2cncc([C@H]3CCCN(C(=O)c4cccnc4)C3)n2)c1. The number of carbonyl (C=O) groups excluding carboxylic acids is 1. The van der Waals surface area contributed by atoms with Gasteiger partial charge in [0.15, 0.2) is 0 Å². The summed E-state index contributed by atoms with van der Waals surface area (Å²) in [6.45, 7) is 1.34. The molecule has 1 fully saturated rings. The molecular weight excluding hydrogens is 368 g/mol. The van der Waals surface area contributed by atoms with Crippen LogP contribution in [0.1, 0.15) is 34.8 Å². The van der Waals surface area contributed by atoms with Crippen LogP contribution in [-0.4, -0.2) is 46.0 Å². The van der Waals surface area contributed by atoms with Crippen LogP contribution < -0.4 is 9.47 Å². The Morgan fingerprint density at radius 3 is 2.83 bits per heavy atom. The van der Waals surface area contributed by atoms with E-state index in [4.69, 9.17) is 9.47 Å². The predicted molar refractivity (Wildman–Crippen MR) is 107 cm³/mol. The van der Waals surface area contributed by atoms with Crippen LogP contribution in [-0.2, 0) is 0 Å². The average molecular weight is 390 g/mol. The van der Waals surface area contributed by atoms with Crippen LogP contribution in [0.15, 0.2) is 61.2 Å². The van der Waals surface area contributed by atoms with Crippen molar-refractivity contribution in [1.82, 2.24) is 19.9 Å². The minimum absolute atomic E-state index is 0.000422. The van der Waals surface area contributed by atoms with Crippen molar-refractivity contribution < 1.29 is 14.3 Å². The number of ether oxygens (including phenoxy) is 2. The molecule has 0 N–H and O–H groups in total. The molecule has 1 aromatic carbocycles. The van der Waals surface area contributed by atoms with E-state index in [2.05, 4.69) is 15.0 Å². The van der Waals surface area contributed by atoms with Gasteiger partial charge in [0.05, 0.1) is 24.6 Å². The van der Waals surface area contributed by atoms with Crippen molar-refractivity contribution in [3.63, 3.8) is 0 Å². The molecule has 148 valence electrons. The van der Waals surface area contributed by atoms with E-state index in [0.717, 1.165) is 25.1 Å². The van der Waals surface area contributed by atoms with Gasteiger partial charge in [-0.25, -0.2) is 4.98 Å². The van der Waals surface area contributed by atoms with Gasteiger partial charge in [-0.1, -0.05) is 6.07 Å². The second-order valence-electron chi connectivity index (χ2n) is 6.90. The third-order valence-electron chi connectivity index (χ3n) is 4.93. The molecule has 1 aliphatic rings. The van der Waals surface area contributed by atoms with E-state index in [9.17, 15) is 4.79 Å². The molecule has 1 atom stereocenters. The summed E-state index contributed by atoms with van der Waals surface area (Å²) < 4.78 is 11.1. The van der Waals surface area contributed by atoms with Crippen molar-refractivity contribution in [3.8, 4) is 17.4 Å². The van der Waals surface area contributed by atoms with Gasteiger partial charge in [-0.3, -0.25) is 14.8 Å². The molecule has 0 spiro atoms. The summed E-state index contributed by atoms with van der Waals surface area (Å²) in [4.78, 5) is 27.6. The lowest BCUT2D eigenvalue weighted by molar-refractivity contribution is 0.0705. The van der Waals surface area contributed by atoms with Crippen LogP contribution in [0.4, 0.5) is 0 Å². The maximum Gasteiger partial charge on any atom is 0.255 e. The fourth-order valence-corrected chi connectivity index (χ4v) is 3.47. The Labute approximate surface area is 169 Å². The molecule has 0 radical (unpaired) electrons. The second-order valence-corrected chi connectivity index (χ2v) is 6.90. The van der Waals surface area contributed by atoms with E-state index in [1.807, 2.05) is 23.1 Å². The van der Waals surface area contributed by atoms with Gasteiger partial charge in [-0.05, 0) is 37.1 Å². The van der Waals surface area contributed by atoms with E-state index in [1.165, 1.54) is 0 Å². The number of rotatable bonds is 5. The summed E-state index contributed by atoms with van der Waals surface area (Å²) in [6.07, 6.45) is 8.48. The zero-order valence-corrected chi connectivity index (χ0v) is 16.2. The molecule has 1 amide bonds. The molecule has 29 heavy (non-hydrogen) atoms. The van der Waals surface area contributed by atoms with Crippen LogP contribution >= 0.6 is 0 Å². The molecule has 3 heterocycles. The van der Waals surface area contributed by atoms with Gasteiger partial charge in [-0.2, -0.15) is 0 Å². The van der Waals surface area contributed by atoms with Crippen molar-refractivity contribution in [1.29, 1.82) is 0 Å². The molecule has 1 aliphatic heterocycles. The highest BCUT2D eigenvalue weighted by Crippen LogP contribution is 2.29. The van der Waals surface area contributed by atoms with Crippen molar-refractivity contribution >= 4 is 5.91 Å². The Kier molecular flexibility index (Phi) is 5.65. The first-order valence-corrected chi connectivity index (χ1v) is 9.56. The molecule has 3 aromatic rings. The maximum atomic E-state index is 12.8. The van der Waals surface area contributed by atoms with E-state index in [-0.39, 0.29) is 11.8 Å². The minimum atomic E-state index is -0.000422. The number of piperidine rings is 1. The number of hydrogen-bond acceptors (Lipinski definition) is 6. The Balaban J connectivity index is 1.48. The summed E-state index contributed by atoms with van der Waals surface area (Å²) in [5, 5.41) is 0. The van der Waals surface area contributed by atoms with Gasteiger partial charge in [0, 0.05) is 43.7 Å². The van der Waals surface area contributed by atoms with Crippen LogP contribution in [0.2, 0.25) is 0 Å². The van der Waals surface area contributed by atoms with Crippen molar-refractivity contribution in [2.45, 2.75) is 18.8 Å². The topological polar surface area (TPSA) is 77.4 Å². The van der Waals surface area contributed by atoms with Gasteiger partial charge in [0.1, 0.15) is 11.5 Å². The van der Waals surface area contributed by atoms with Crippen LogP contribution in [0.3, 0.4) is 0 Å². The first-order chi connectivity index (χ1) is 14.2. The van der Waals surface area contributed by atoms with E-state index >= 15 is 0 Å².